The van der Waals surface area contributed by atoms with Crippen LogP contribution >= 0.6 is 23.1 Å². The molecule has 0 spiro atoms. The molecule has 2 rings (SSSR count). The molecule has 80 valence electrons. The van der Waals surface area contributed by atoms with E-state index in [1.165, 1.54) is 35.2 Å². The summed E-state index contributed by atoms with van der Waals surface area (Å²) in [6.45, 7) is 0. The Morgan fingerprint density at radius 3 is 2.69 bits per heavy atom. The van der Waals surface area contributed by atoms with Crippen molar-refractivity contribution in [2.75, 3.05) is 6.26 Å². The zero-order chi connectivity index (χ0) is 11.1. The number of aromatic nitrogens is 1. The fraction of sp³-hybridized carbons (Fsp3) is 0.125. The van der Waals surface area contributed by atoms with Gasteiger partial charge in [0.25, 0.3) is 0 Å². The van der Waals surface area contributed by atoms with Gasteiger partial charge in [0.1, 0.15) is 10.1 Å². The van der Waals surface area contributed by atoms with Crippen molar-refractivity contribution in [1.82, 2.24) is 4.98 Å². The van der Waals surface area contributed by atoms with Gasteiger partial charge in [-0.15, -0.1) is 11.3 Å². The van der Waals surface area contributed by atoms with E-state index in [0.717, 1.165) is 14.6 Å². The molecule has 0 bridgehead atoms. The molecule has 0 amide bonds. The molecule has 8 heteroatoms. The molecule has 0 atom stereocenters. The summed E-state index contributed by atoms with van der Waals surface area (Å²) in [7, 11) is -4.37. The van der Waals surface area contributed by atoms with Crippen LogP contribution in [0.25, 0.3) is 10.2 Å². The Hall–Kier alpha value is 0.370. The second-order valence-electron chi connectivity index (χ2n) is 2.77. The van der Waals surface area contributed by atoms with Crippen LogP contribution in [0, 0.1) is 0 Å². The summed E-state index contributed by atoms with van der Waals surface area (Å²) in [5, 5.41) is 0. The van der Waals surface area contributed by atoms with Crippen LogP contribution in [0.15, 0.2) is 27.4 Å². The summed E-state index contributed by atoms with van der Waals surface area (Å²) in [6, 6.07) is 4.21. The number of hydrogen-bond donors (Lipinski definition) is 0. The summed E-state index contributed by atoms with van der Waals surface area (Å²) in [4.78, 5) is 4.04. The molecule has 0 unspecified atom stereocenters. The average Bonchev–Trinajstić information content (AvgIpc) is 2.57. The van der Waals surface area contributed by atoms with E-state index >= 15 is 0 Å². The van der Waals surface area contributed by atoms with Crippen LogP contribution in [0.4, 0.5) is 0 Å². The normalized spacial score (nSPS) is 11.4. The first kappa shape index (κ1) is 14.4. The molecule has 2 aromatic rings. The van der Waals surface area contributed by atoms with Gasteiger partial charge in [-0.05, 0) is 24.5 Å². The number of fused-ring (bicyclic) bond motifs is 1. The van der Waals surface area contributed by atoms with Gasteiger partial charge in [0, 0.05) is 0 Å². The first-order valence-electron chi connectivity index (χ1n) is 3.91. The van der Waals surface area contributed by atoms with E-state index in [-0.39, 0.29) is 34.5 Å². The topological polar surface area (TPSA) is 70.1 Å². The number of rotatable bonds is 2. The van der Waals surface area contributed by atoms with Crippen LogP contribution in [0.1, 0.15) is 0 Å². The number of thiazole rings is 1. The number of hydrogen-bond acceptors (Lipinski definition) is 6. The predicted molar refractivity (Wildman–Crippen MR) is 59.4 cm³/mol. The molecule has 0 N–H and O–H groups in total. The van der Waals surface area contributed by atoms with Crippen molar-refractivity contribution in [2.24, 2.45) is 0 Å². The van der Waals surface area contributed by atoms with Gasteiger partial charge >= 0.3 is 29.6 Å². The molecule has 0 aliphatic rings. The third-order valence-corrected chi connectivity index (χ3v) is 4.64. The predicted octanol–water partition coefficient (Wildman–Crippen LogP) is -1.07. The minimum absolute atomic E-state index is 0. The average molecular weight is 283 g/mol. The Morgan fingerprint density at radius 1 is 1.44 bits per heavy atom. The van der Waals surface area contributed by atoms with Crippen LogP contribution in [0.3, 0.4) is 0 Å². The molecule has 0 aliphatic carbocycles. The largest absolute Gasteiger partial charge is 1.00 e. The van der Waals surface area contributed by atoms with Gasteiger partial charge in [-0.1, -0.05) is 11.8 Å². The maximum Gasteiger partial charge on any atom is 1.00 e. The second kappa shape index (κ2) is 5.34. The molecular formula is C8H6NNaO3S3. The van der Waals surface area contributed by atoms with Crippen molar-refractivity contribution >= 4 is 43.4 Å². The zero-order valence-corrected chi connectivity index (χ0v) is 13.1. The molecule has 0 radical (unpaired) electrons. The van der Waals surface area contributed by atoms with Gasteiger partial charge in [0.2, 0.25) is 0 Å². The third kappa shape index (κ3) is 2.98. The molecular weight excluding hydrogens is 277 g/mol. The molecule has 1 heterocycles. The van der Waals surface area contributed by atoms with Crippen molar-refractivity contribution in [2.45, 2.75) is 9.24 Å². The fourth-order valence-electron chi connectivity index (χ4n) is 1.13. The van der Waals surface area contributed by atoms with E-state index in [4.69, 9.17) is 0 Å². The van der Waals surface area contributed by atoms with Crippen molar-refractivity contribution in [3.8, 4) is 0 Å². The van der Waals surface area contributed by atoms with Gasteiger partial charge in [-0.3, -0.25) is 0 Å². The van der Waals surface area contributed by atoms with E-state index in [2.05, 4.69) is 4.98 Å². The Labute approximate surface area is 124 Å². The Bertz CT molecular complexity index is 608. The van der Waals surface area contributed by atoms with Crippen molar-refractivity contribution in [3.05, 3.63) is 18.2 Å². The second-order valence-corrected chi connectivity index (χ2v) is 6.23. The zero-order valence-electron chi connectivity index (χ0n) is 8.63. The molecule has 1 aromatic heterocycles. The van der Waals surface area contributed by atoms with Gasteiger partial charge in [-0.2, -0.15) is 0 Å². The standard InChI is InChI=1S/C8H7NO3S3.Na/c1-13-8-9-6-3-2-5(15(10,11)12)4-7(6)14-8;/h2-4H,1H3,(H,10,11,12);/q;+1/p-1. The van der Waals surface area contributed by atoms with Gasteiger partial charge in [-0.25, -0.2) is 13.4 Å². The molecule has 0 saturated heterocycles. The van der Waals surface area contributed by atoms with E-state index < -0.39 is 10.1 Å². The SMILES string of the molecule is CSc1nc2ccc(S(=O)(=O)[O-])cc2s1.[Na+]. The van der Waals surface area contributed by atoms with E-state index in [9.17, 15) is 13.0 Å². The number of nitrogens with zero attached hydrogens (tertiary/aromatic N) is 1. The Balaban J connectivity index is 0.00000128. The van der Waals surface area contributed by atoms with Gasteiger partial charge < -0.3 is 4.55 Å². The minimum atomic E-state index is -4.37. The summed E-state index contributed by atoms with van der Waals surface area (Å²) in [5.41, 5.74) is 0.719. The number of thioether (sulfide) groups is 1. The Kier molecular flexibility index (Phi) is 4.82. The van der Waals surface area contributed by atoms with Crippen LogP contribution in [-0.2, 0) is 10.1 Å². The van der Waals surface area contributed by atoms with Crippen molar-refractivity contribution in [3.63, 3.8) is 0 Å². The maximum absolute atomic E-state index is 10.8. The minimum Gasteiger partial charge on any atom is -0.744 e. The quantitative estimate of drug-likeness (QED) is 0.399. The molecule has 0 saturated carbocycles. The monoisotopic (exact) mass is 283 g/mol. The molecule has 16 heavy (non-hydrogen) atoms. The van der Waals surface area contributed by atoms with Crippen LogP contribution in [-0.4, -0.2) is 24.2 Å². The Morgan fingerprint density at radius 2 is 2.12 bits per heavy atom. The van der Waals surface area contributed by atoms with Crippen molar-refractivity contribution in [1.29, 1.82) is 0 Å². The van der Waals surface area contributed by atoms with Crippen LogP contribution < -0.4 is 29.6 Å². The fourth-order valence-corrected chi connectivity index (χ4v) is 3.23. The van der Waals surface area contributed by atoms with E-state index in [0.29, 0.717) is 0 Å². The van der Waals surface area contributed by atoms with Gasteiger partial charge in [0.15, 0.2) is 4.34 Å². The molecule has 0 aliphatic heterocycles. The van der Waals surface area contributed by atoms with E-state index in [1.54, 1.807) is 6.07 Å². The van der Waals surface area contributed by atoms with Gasteiger partial charge in [0.05, 0.1) is 15.1 Å². The summed E-state index contributed by atoms with van der Waals surface area (Å²) >= 11 is 2.86. The van der Waals surface area contributed by atoms with Crippen molar-refractivity contribution < 1.29 is 42.5 Å². The van der Waals surface area contributed by atoms with E-state index in [1.807, 2.05) is 6.26 Å². The first-order valence-corrected chi connectivity index (χ1v) is 7.36. The smallest absolute Gasteiger partial charge is 0.744 e. The molecule has 4 nitrogen and oxygen atoms in total. The first-order chi connectivity index (χ1) is 7.00. The summed E-state index contributed by atoms with van der Waals surface area (Å²) in [6.07, 6.45) is 1.89. The molecule has 1 aromatic carbocycles. The maximum atomic E-state index is 10.8. The third-order valence-electron chi connectivity index (χ3n) is 1.80. The van der Waals surface area contributed by atoms with Crippen LogP contribution in [0.5, 0.6) is 0 Å². The summed E-state index contributed by atoms with van der Waals surface area (Å²) in [5.74, 6) is 0. The number of benzene rings is 1. The summed E-state index contributed by atoms with van der Waals surface area (Å²) < 4.78 is 33.9. The van der Waals surface area contributed by atoms with Crippen LogP contribution in [0.2, 0.25) is 0 Å². The molecule has 0 fully saturated rings.